The van der Waals surface area contributed by atoms with E-state index in [-0.39, 0.29) is 5.60 Å². The van der Waals surface area contributed by atoms with Gasteiger partial charge >= 0.3 is 0 Å². The lowest BCUT2D eigenvalue weighted by atomic mass is 9.76. The molecule has 1 spiro atoms. The highest BCUT2D eigenvalue weighted by molar-refractivity contribution is 4.96. The molecule has 0 aromatic carbocycles. The van der Waals surface area contributed by atoms with Gasteiger partial charge in [-0.1, -0.05) is 0 Å². The minimum atomic E-state index is -0.0386. The van der Waals surface area contributed by atoms with E-state index in [1.165, 1.54) is 0 Å². The van der Waals surface area contributed by atoms with Crippen molar-refractivity contribution in [1.29, 1.82) is 0 Å². The van der Waals surface area contributed by atoms with E-state index in [0.717, 1.165) is 52.1 Å². The molecule has 19 heavy (non-hydrogen) atoms. The Morgan fingerprint density at radius 3 is 2.84 bits per heavy atom. The van der Waals surface area contributed by atoms with Crippen molar-refractivity contribution in [2.24, 2.45) is 17.7 Å². The molecular formula is C14H26N2O3. The fourth-order valence-electron chi connectivity index (χ4n) is 3.99. The second kappa shape index (κ2) is 5.66. The van der Waals surface area contributed by atoms with Crippen molar-refractivity contribution in [2.45, 2.75) is 50.4 Å². The maximum Gasteiger partial charge on any atom is 0.0939 e. The van der Waals surface area contributed by atoms with Crippen LogP contribution in [0.1, 0.15) is 32.6 Å². The maximum atomic E-state index is 6.01. The van der Waals surface area contributed by atoms with Crippen LogP contribution in [0.5, 0.6) is 0 Å². The summed E-state index contributed by atoms with van der Waals surface area (Å²) in [6.07, 6.45) is 4.65. The minimum Gasteiger partial charge on any atom is -0.378 e. The van der Waals surface area contributed by atoms with Crippen LogP contribution in [-0.2, 0) is 14.2 Å². The summed E-state index contributed by atoms with van der Waals surface area (Å²) in [4.78, 5) is 0. The Kier molecular flexibility index (Phi) is 4.10. The predicted molar refractivity (Wildman–Crippen MR) is 71.5 cm³/mol. The van der Waals surface area contributed by atoms with Crippen LogP contribution in [-0.4, -0.2) is 44.2 Å². The van der Waals surface area contributed by atoms with E-state index >= 15 is 0 Å². The van der Waals surface area contributed by atoms with E-state index in [1.54, 1.807) is 0 Å². The van der Waals surface area contributed by atoms with Crippen LogP contribution < -0.4 is 11.3 Å². The Labute approximate surface area is 115 Å². The molecule has 0 saturated carbocycles. The topological polar surface area (TPSA) is 65.7 Å². The monoisotopic (exact) mass is 270 g/mol. The second-order valence-corrected chi connectivity index (χ2v) is 6.42. The molecular weight excluding hydrogens is 244 g/mol. The molecule has 0 radical (unpaired) electrons. The number of hydrogen-bond donors (Lipinski definition) is 2. The van der Waals surface area contributed by atoms with E-state index in [9.17, 15) is 0 Å². The molecule has 3 N–H and O–H groups in total. The molecule has 5 heteroatoms. The van der Waals surface area contributed by atoms with Crippen LogP contribution in [0.4, 0.5) is 0 Å². The van der Waals surface area contributed by atoms with E-state index < -0.39 is 0 Å². The molecule has 3 saturated heterocycles. The zero-order chi connectivity index (χ0) is 13.3. The third-order valence-electron chi connectivity index (χ3n) is 5.04. The zero-order valence-electron chi connectivity index (χ0n) is 11.8. The Morgan fingerprint density at radius 1 is 1.32 bits per heavy atom. The van der Waals surface area contributed by atoms with Gasteiger partial charge in [0.25, 0.3) is 0 Å². The first-order valence-corrected chi connectivity index (χ1v) is 7.52. The van der Waals surface area contributed by atoms with Crippen LogP contribution >= 0.6 is 0 Å². The molecule has 5 nitrogen and oxygen atoms in total. The number of rotatable bonds is 3. The summed E-state index contributed by atoms with van der Waals surface area (Å²) in [5.41, 5.74) is 3.03. The minimum absolute atomic E-state index is 0.0386. The van der Waals surface area contributed by atoms with Gasteiger partial charge in [0.15, 0.2) is 0 Å². The van der Waals surface area contributed by atoms with Gasteiger partial charge in [-0.2, -0.15) is 0 Å². The molecule has 3 fully saturated rings. The van der Waals surface area contributed by atoms with Crippen molar-refractivity contribution in [3.8, 4) is 0 Å². The lowest BCUT2D eigenvalue weighted by Crippen LogP contribution is -2.52. The Hall–Kier alpha value is -0.200. The van der Waals surface area contributed by atoms with E-state index in [1.807, 2.05) is 0 Å². The molecule has 5 unspecified atom stereocenters. The quantitative estimate of drug-likeness (QED) is 0.587. The Bertz CT molecular complexity index is 307. The summed E-state index contributed by atoms with van der Waals surface area (Å²) in [5, 5.41) is 0. The zero-order valence-corrected chi connectivity index (χ0v) is 11.8. The van der Waals surface area contributed by atoms with E-state index in [2.05, 4.69) is 12.3 Å². The van der Waals surface area contributed by atoms with Gasteiger partial charge in [0.1, 0.15) is 0 Å². The van der Waals surface area contributed by atoms with Crippen LogP contribution in [0.15, 0.2) is 0 Å². The first-order valence-electron chi connectivity index (χ1n) is 7.52. The highest BCUT2D eigenvalue weighted by atomic mass is 16.6. The molecule has 0 aromatic rings. The van der Waals surface area contributed by atoms with Gasteiger partial charge in [0.2, 0.25) is 0 Å². The van der Waals surface area contributed by atoms with Gasteiger partial charge in [0, 0.05) is 31.6 Å². The highest BCUT2D eigenvalue weighted by Gasteiger charge is 2.45. The number of nitrogens with two attached hydrogens (primary N) is 1. The number of hydrazine groups is 1. The van der Waals surface area contributed by atoms with Crippen LogP contribution in [0.2, 0.25) is 0 Å². The van der Waals surface area contributed by atoms with Gasteiger partial charge in [-0.3, -0.25) is 11.3 Å². The summed E-state index contributed by atoms with van der Waals surface area (Å²) in [6.45, 7) is 5.38. The molecule has 3 heterocycles. The van der Waals surface area contributed by atoms with Crippen molar-refractivity contribution in [1.82, 2.24) is 5.43 Å². The van der Waals surface area contributed by atoms with Crippen molar-refractivity contribution >= 4 is 0 Å². The number of hydrogen-bond acceptors (Lipinski definition) is 5. The lowest BCUT2D eigenvalue weighted by Gasteiger charge is -2.41. The summed E-state index contributed by atoms with van der Waals surface area (Å²) < 4.78 is 17.3. The van der Waals surface area contributed by atoms with Crippen molar-refractivity contribution in [3.05, 3.63) is 0 Å². The maximum absolute atomic E-state index is 6.01. The number of ether oxygens (including phenoxy) is 3. The summed E-state index contributed by atoms with van der Waals surface area (Å²) in [7, 11) is 0. The smallest absolute Gasteiger partial charge is 0.0939 e. The van der Waals surface area contributed by atoms with Crippen molar-refractivity contribution in [2.75, 3.05) is 26.4 Å². The van der Waals surface area contributed by atoms with Crippen LogP contribution in [0.25, 0.3) is 0 Å². The van der Waals surface area contributed by atoms with E-state index in [0.29, 0.717) is 24.0 Å². The first kappa shape index (κ1) is 13.8. The average molecular weight is 270 g/mol. The SMILES string of the molecule is CC1CC(C(NN)C2CCOC3(CCOC3)C2)CO1. The number of nitrogens with one attached hydrogen (secondary N) is 1. The lowest BCUT2D eigenvalue weighted by molar-refractivity contribution is -0.106. The predicted octanol–water partition coefficient (Wildman–Crippen LogP) is 0.829. The van der Waals surface area contributed by atoms with Gasteiger partial charge in [-0.25, -0.2) is 0 Å². The standard InChI is InChI=1S/C14H26N2O3/c1-10-6-12(8-18-10)13(16-15)11-2-4-19-14(7-11)3-5-17-9-14/h10-13,16H,2-9,15H2,1H3. The van der Waals surface area contributed by atoms with E-state index in [4.69, 9.17) is 20.1 Å². The van der Waals surface area contributed by atoms with Crippen LogP contribution in [0.3, 0.4) is 0 Å². The molecule has 0 amide bonds. The highest BCUT2D eigenvalue weighted by Crippen LogP contribution is 2.39. The van der Waals surface area contributed by atoms with Gasteiger partial charge in [-0.15, -0.1) is 0 Å². The molecule has 110 valence electrons. The Morgan fingerprint density at radius 2 is 2.21 bits per heavy atom. The summed E-state index contributed by atoms with van der Waals surface area (Å²) >= 11 is 0. The normalized spacial score (nSPS) is 44.8. The fourth-order valence-corrected chi connectivity index (χ4v) is 3.99. The first-order chi connectivity index (χ1) is 9.22. The van der Waals surface area contributed by atoms with Gasteiger partial charge < -0.3 is 14.2 Å². The largest absolute Gasteiger partial charge is 0.378 e. The Balaban J connectivity index is 1.65. The molecule has 3 aliphatic heterocycles. The fraction of sp³-hybridized carbons (Fsp3) is 1.00. The second-order valence-electron chi connectivity index (χ2n) is 6.42. The average Bonchev–Trinajstić information content (AvgIpc) is 3.01. The molecule has 3 rings (SSSR count). The van der Waals surface area contributed by atoms with Crippen molar-refractivity contribution in [3.63, 3.8) is 0 Å². The molecule has 0 aromatic heterocycles. The van der Waals surface area contributed by atoms with Crippen molar-refractivity contribution < 1.29 is 14.2 Å². The van der Waals surface area contributed by atoms with Gasteiger partial charge in [-0.05, 0) is 32.1 Å². The summed E-state index contributed by atoms with van der Waals surface area (Å²) in [6, 6.07) is 0.339. The van der Waals surface area contributed by atoms with Gasteiger partial charge in [0.05, 0.1) is 24.9 Å². The third kappa shape index (κ3) is 2.81. The molecule has 0 bridgehead atoms. The van der Waals surface area contributed by atoms with Crippen LogP contribution in [0, 0.1) is 11.8 Å². The molecule has 5 atom stereocenters. The summed E-state index contributed by atoms with van der Waals surface area (Å²) in [5.74, 6) is 6.94. The molecule has 3 aliphatic rings. The molecule has 0 aliphatic carbocycles. The third-order valence-corrected chi connectivity index (χ3v) is 5.04.